The van der Waals surface area contributed by atoms with Crippen LogP contribution in [0.4, 0.5) is 13.2 Å². The monoisotopic (exact) mass is 334 g/mol. The molecule has 0 unspecified atom stereocenters. The van der Waals surface area contributed by atoms with Crippen LogP contribution in [0.15, 0.2) is 15.7 Å². The fraction of sp³-hybridized carbons (Fsp3) is 0.500. The van der Waals surface area contributed by atoms with Gasteiger partial charge in [-0.05, 0) is 31.4 Å². The largest absolute Gasteiger partial charge is 0.494 e. The summed E-state index contributed by atoms with van der Waals surface area (Å²) in [5.74, 6) is -1.52. The number of H-pyrrole nitrogens is 1. The maximum Gasteiger partial charge on any atom is 0.406 e. The van der Waals surface area contributed by atoms with Crippen molar-refractivity contribution >= 4 is 11.4 Å². The van der Waals surface area contributed by atoms with E-state index < -0.39 is 41.2 Å². The van der Waals surface area contributed by atoms with Gasteiger partial charge in [0.15, 0.2) is 5.78 Å². The first-order valence-corrected chi connectivity index (χ1v) is 6.91. The lowest BCUT2D eigenvalue weighted by Crippen LogP contribution is -2.35. The molecule has 0 spiro atoms. The summed E-state index contributed by atoms with van der Waals surface area (Å²) >= 11 is 0. The Labute approximate surface area is 129 Å². The van der Waals surface area contributed by atoms with E-state index in [4.69, 9.17) is 0 Å². The number of aromatic nitrogens is 2. The van der Waals surface area contributed by atoms with Gasteiger partial charge in [0.05, 0.1) is 0 Å². The van der Waals surface area contributed by atoms with E-state index in [1.165, 1.54) is 6.92 Å². The van der Waals surface area contributed by atoms with Crippen LogP contribution < -0.4 is 11.2 Å². The summed E-state index contributed by atoms with van der Waals surface area (Å²) in [5.41, 5.74) is -2.80. The van der Waals surface area contributed by atoms with Gasteiger partial charge in [-0.25, -0.2) is 4.79 Å². The van der Waals surface area contributed by atoms with Gasteiger partial charge < -0.3 is 5.11 Å². The van der Waals surface area contributed by atoms with Crippen molar-refractivity contribution in [1.82, 2.24) is 9.55 Å². The van der Waals surface area contributed by atoms with Crippen LogP contribution in [-0.2, 0) is 11.3 Å². The number of carbonyl (C=O) groups is 1. The van der Waals surface area contributed by atoms with Crippen LogP contribution in [0.1, 0.15) is 38.7 Å². The van der Waals surface area contributed by atoms with Crippen LogP contribution in [0.2, 0.25) is 0 Å². The molecule has 1 rings (SSSR count). The van der Waals surface area contributed by atoms with Gasteiger partial charge in [-0.15, -0.1) is 0 Å². The van der Waals surface area contributed by atoms with Crippen LogP contribution >= 0.6 is 0 Å². The molecule has 0 radical (unpaired) electrons. The van der Waals surface area contributed by atoms with Crippen molar-refractivity contribution in [3.05, 3.63) is 32.5 Å². The molecule has 128 valence electrons. The molecular formula is C14H17F3N2O4. The summed E-state index contributed by atoms with van der Waals surface area (Å²) in [6.45, 7) is 1.31. The van der Waals surface area contributed by atoms with Crippen molar-refractivity contribution in [2.24, 2.45) is 0 Å². The standard InChI is InChI=1S/C14H17F3N2O4/c1-3-4-5-9(6-8(2)20)10-11(21)18-13(23)19(12(10)22)7-14(15,16)17/h6,22H,3-5,7H2,1-2H3,(H,18,21,23)/b9-6-. The number of halogens is 3. The van der Waals surface area contributed by atoms with Crippen LogP contribution in [-0.4, -0.2) is 26.6 Å². The van der Waals surface area contributed by atoms with Crippen molar-refractivity contribution < 1.29 is 23.1 Å². The van der Waals surface area contributed by atoms with E-state index in [-0.39, 0.29) is 16.6 Å². The van der Waals surface area contributed by atoms with Gasteiger partial charge in [-0.1, -0.05) is 13.3 Å². The van der Waals surface area contributed by atoms with E-state index in [2.05, 4.69) is 0 Å². The molecule has 1 heterocycles. The van der Waals surface area contributed by atoms with Crippen molar-refractivity contribution in [3.8, 4) is 5.88 Å². The second kappa shape index (κ2) is 7.30. The Hall–Kier alpha value is -2.32. The van der Waals surface area contributed by atoms with E-state index in [0.29, 0.717) is 12.8 Å². The second-order valence-electron chi connectivity index (χ2n) is 5.04. The summed E-state index contributed by atoms with van der Waals surface area (Å²) in [4.78, 5) is 36.4. The van der Waals surface area contributed by atoms with Crippen molar-refractivity contribution in [1.29, 1.82) is 0 Å². The van der Waals surface area contributed by atoms with Gasteiger partial charge in [-0.3, -0.25) is 19.1 Å². The normalized spacial score (nSPS) is 12.5. The Bertz CT molecular complexity index is 729. The molecular weight excluding hydrogens is 317 g/mol. The van der Waals surface area contributed by atoms with Crippen molar-refractivity contribution in [2.45, 2.75) is 45.8 Å². The molecule has 0 amide bonds. The summed E-state index contributed by atoms with van der Waals surface area (Å²) in [7, 11) is 0. The molecule has 6 nitrogen and oxygen atoms in total. The number of hydrogen-bond acceptors (Lipinski definition) is 4. The topological polar surface area (TPSA) is 92.2 Å². The van der Waals surface area contributed by atoms with Gasteiger partial charge in [-0.2, -0.15) is 13.2 Å². The quantitative estimate of drug-likeness (QED) is 0.778. The number of nitrogens with zero attached hydrogens (tertiary/aromatic N) is 1. The second-order valence-corrected chi connectivity index (χ2v) is 5.04. The first kappa shape index (κ1) is 18.7. The number of allylic oxidation sites excluding steroid dienone is 2. The summed E-state index contributed by atoms with van der Waals surface area (Å²) in [6.07, 6.45) is -2.23. The van der Waals surface area contributed by atoms with E-state index in [9.17, 15) is 32.7 Å². The number of nitrogens with one attached hydrogen (secondary N) is 1. The minimum Gasteiger partial charge on any atom is -0.494 e. The van der Waals surface area contributed by atoms with Gasteiger partial charge in [0.1, 0.15) is 12.1 Å². The average Bonchev–Trinajstić information content (AvgIpc) is 2.38. The van der Waals surface area contributed by atoms with E-state index >= 15 is 0 Å². The third-order valence-electron chi connectivity index (χ3n) is 3.01. The molecule has 0 atom stereocenters. The minimum absolute atomic E-state index is 0.0245. The summed E-state index contributed by atoms with van der Waals surface area (Å²) < 4.78 is 37.6. The molecule has 0 saturated carbocycles. The number of alkyl halides is 3. The number of rotatable bonds is 6. The van der Waals surface area contributed by atoms with Crippen LogP contribution in [0.5, 0.6) is 5.88 Å². The molecule has 1 aromatic rings. The molecule has 0 aliphatic heterocycles. The lowest BCUT2D eigenvalue weighted by molar-refractivity contribution is -0.142. The smallest absolute Gasteiger partial charge is 0.406 e. The molecule has 2 N–H and O–H groups in total. The summed E-state index contributed by atoms with van der Waals surface area (Å²) in [6, 6.07) is 0. The maximum atomic E-state index is 12.5. The van der Waals surface area contributed by atoms with Crippen molar-refractivity contribution in [3.63, 3.8) is 0 Å². The van der Waals surface area contributed by atoms with E-state index in [0.717, 1.165) is 6.08 Å². The fourth-order valence-electron chi connectivity index (χ4n) is 2.06. The lowest BCUT2D eigenvalue weighted by atomic mass is 10.0. The highest BCUT2D eigenvalue weighted by Gasteiger charge is 2.31. The molecule has 0 saturated heterocycles. The Morgan fingerprint density at radius 1 is 1.35 bits per heavy atom. The van der Waals surface area contributed by atoms with Crippen LogP contribution in [0.25, 0.3) is 5.57 Å². The van der Waals surface area contributed by atoms with Gasteiger partial charge in [0.2, 0.25) is 5.88 Å². The third-order valence-corrected chi connectivity index (χ3v) is 3.01. The Morgan fingerprint density at radius 3 is 2.43 bits per heavy atom. The fourth-order valence-corrected chi connectivity index (χ4v) is 2.06. The zero-order valence-electron chi connectivity index (χ0n) is 12.7. The lowest BCUT2D eigenvalue weighted by Gasteiger charge is -2.14. The van der Waals surface area contributed by atoms with E-state index in [1.54, 1.807) is 4.98 Å². The molecule has 0 aliphatic carbocycles. The highest BCUT2D eigenvalue weighted by molar-refractivity contribution is 5.95. The SMILES string of the molecule is CCCC/C(=C/C(C)=O)c1c(O)n(CC(F)(F)F)c(=O)[nH]c1=O. The number of aromatic hydroxyl groups is 1. The summed E-state index contributed by atoms with van der Waals surface area (Å²) in [5, 5.41) is 9.99. The first-order chi connectivity index (χ1) is 10.6. The molecule has 0 aliphatic rings. The van der Waals surface area contributed by atoms with Crippen LogP contribution in [0.3, 0.4) is 0 Å². The number of carbonyl (C=O) groups excluding carboxylic acids is 1. The Morgan fingerprint density at radius 2 is 1.96 bits per heavy atom. The molecule has 23 heavy (non-hydrogen) atoms. The number of ketones is 1. The highest BCUT2D eigenvalue weighted by atomic mass is 19.4. The molecule has 0 bridgehead atoms. The zero-order chi connectivity index (χ0) is 17.8. The van der Waals surface area contributed by atoms with Crippen molar-refractivity contribution in [2.75, 3.05) is 0 Å². The predicted molar refractivity (Wildman–Crippen MR) is 77.2 cm³/mol. The Balaban J connectivity index is 3.56. The molecule has 0 aromatic carbocycles. The maximum absolute atomic E-state index is 12.5. The first-order valence-electron chi connectivity index (χ1n) is 6.91. The number of aromatic amines is 1. The number of unbranched alkanes of at least 4 members (excludes halogenated alkanes) is 1. The Kier molecular flexibility index (Phi) is 5.94. The molecule has 9 heteroatoms. The third kappa shape index (κ3) is 5.11. The molecule has 1 aromatic heterocycles. The zero-order valence-corrected chi connectivity index (χ0v) is 12.7. The van der Waals surface area contributed by atoms with Gasteiger partial charge in [0, 0.05) is 0 Å². The van der Waals surface area contributed by atoms with Gasteiger partial charge in [0.25, 0.3) is 5.56 Å². The minimum atomic E-state index is -4.76. The van der Waals surface area contributed by atoms with Crippen LogP contribution in [0, 0.1) is 0 Å². The highest BCUT2D eigenvalue weighted by Crippen LogP contribution is 2.27. The number of hydrogen-bond donors (Lipinski definition) is 2. The molecule has 0 fully saturated rings. The predicted octanol–water partition coefficient (Wildman–Crippen LogP) is 1.97. The average molecular weight is 334 g/mol. The van der Waals surface area contributed by atoms with Gasteiger partial charge >= 0.3 is 11.9 Å². The van der Waals surface area contributed by atoms with E-state index in [1.807, 2.05) is 6.92 Å².